The standard InChI is InChI=1S/C26H33N3O3/c1-26(2)16-8-7-15(20(26)11-16)14-28-17-9-10-18(28)13-19(12-17)29-22-6-4-3-5-21(22)27-23(24(29)30)25(31)32/h3-6,15-20H,7-14H2,1-2H3,(H,31,32)/t15-,16-,17-,18+,19?,20-/m0/s1. The Morgan fingerprint density at radius 3 is 2.44 bits per heavy atom. The Labute approximate surface area is 188 Å². The number of aromatic nitrogens is 2. The molecular formula is C26H33N3O3. The fourth-order valence-corrected chi connectivity index (χ4v) is 7.86. The van der Waals surface area contributed by atoms with Gasteiger partial charge in [-0.15, -0.1) is 0 Å². The van der Waals surface area contributed by atoms with E-state index < -0.39 is 11.5 Å². The zero-order valence-corrected chi connectivity index (χ0v) is 19.0. The quantitative estimate of drug-likeness (QED) is 0.773. The lowest BCUT2D eigenvalue weighted by atomic mass is 9.45. The molecule has 2 saturated heterocycles. The Morgan fingerprint density at radius 1 is 1.06 bits per heavy atom. The summed E-state index contributed by atoms with van der Waals surface area (Å²) in [4.78, 5) is 31.8. The van der Waals surface area contributed by atoms with E-state index in [4.69, 9.17) is 0 Å². The van der Waals surface area contributed by atoms with E-state index in [2.05, 4.69) is 23.7 Å². The van der Waals surface area contributed by atoms with Gasteiger partial charge in [0.1, 0.15) is 0 Å². The van der Waals surface area contributed by atoms with Gasteiger partial charge in [0.2, 0.25) is 5.69 Å². The monoisotopic (exact) mass is 435 g/mol. The number of para-hydroxylation sites is 2. The van der Waals surface area contributed by atoms with E-state index in [-0.39, 0.29) is 11.7 Å². The van der Waals surface area contributed by atoms with Crippen molar-refractivity contribution < 1.29 is 9.90 Å². The number of aromatic carboxylic acids is 1. The fourth-order valence-electron chi connectivity index (χ4n) is 7.86. The lowest BCUT2D eigenvalue weighted by molar-refractivity contribution is -0.116. The maximum absolute atomic E-state index is 13.2. The number of fused-ring (bicyclic) bond motifs is 5. The average Bonchev–Trinajstić information content (AvgIpc) is 3.00. The zero-order valence-electron chi connectivity index (χ0n) is 19.0. The highest BCUT2D eigenvalue weighted by atomic mass is 16.4. The van der Waals surface area contributed by atoms with Crippen LogP contribution in [-0.4, -0.2) is 44.2 Å². The van der Waals surface area contributed by atoms with Crippen LogP contribution in [0.3, 0.4) is 0 Å². The van der Waals surface area contributed by atoms with Crippen LogP contribution in [0.4, 0.5) is 0 Å². The van der Waals surface area contributed by atoms with E-state index in [1.807, 2.05) is 18.2 Å². The Balaban J connectivity index is 1.29. The summed E-state index contributed by atoms with van der Waals surface area (Å²) in [5, 5.41) is 9.58. The van der Waals surface area contributed by atoms with Crippen molar-refractivity contribution in [3.05, 3.63) is 40.3 Å². The first-order valence-electron chi connectivity index (χ1n) is 12.3. The van der Waals surface area contributed by atoms with E-state index in [1.165, 1.54) is 38.6 Å². The molecule has 1 aromatic carbocycles. The molecule has 0 amide bonds. The van der Waals surface area contributed by atoms with Crippen LogP contribution in [0.2, 0.25) is 0 Å². The van der Waals surface area contributed by atoms with Crippen molar-refractivity contribution in [1.82, 2.24) is 14.5 Å². The van der Waals surface area contributed by atoms with Gasteiger partial charge in [0, 0.05) is 24.7 Å². The second-order valence-electron chi connectivity index (χ2n) is 11.3. The molecule has 1 aromatic heterocycles. The number of nitrogens with zero attached hydrogens (tertiary/aromatic N) is 3. The van der Waals surface area contributed by atoms with E-state index in [0.29, 0.717) is 23.0 Å². The topological polar surface area (TPSA) is 75.4 Å². The Hall–Kier alpha value is -2.21. The van der Waals surface area contributed by atoms with Crippen LogP contribution in [-0.2, 0) is 0 Å². The third kappa shape index (κ3) is 2.91. The fraction of sp³-hybridized carbons (Fsp3) is 0.654. The summed E-state index contributed by atoms with van der Waals surface area (Å²) in [5.74, 6) is 1.36. The van der Waals surface area contributed by atoms with Crippen LogP contribution in [0.1, 0.15) is 75.3 Å². The van der Waals surface area contributed by atoms with Crippen LogP contribution < -0.4 is 5.56 Å². The lowest BCUT2D eigenvalue weighted by Crippen LogP contribution is -2.56. The minimum Gasteiger partial charge on any atom is -0.476 e. The molecule has 1 unspecified atom stereocenters. The first-order chi connectivity index (χ1) is 15.3. The van der Waals surface area contributed by atoms with Crippen LogP contribution in [0, 0.1) is 23.2 Å². The molecule has 4 bridgehead atoms. The molecule has 2 aliphatic heterocycles. The molecule has 5 fully saturated rings. The van der Waals surface area contributed by atoms with E-state index >= 15 is 0 Å². The minimum atomic E-state index is -1.24. The summed E-state index contributed by atoms with van der Waals surface area (Å²) in [6.07, 6.45) is 8.40. The summed E-state index contributed by atoms with van der Waals surface area (Å²) < 4.78 is 1.76. The van der Waals surface area contributed by atoms with Gasteiger partial charge in [-0.05, 0) is 80.2 Å². The van der Waals surface area contributed by atoms with Gasteiger partial charge in [0.15, 0.2) is 0 Å². The number of piperidine rings is 1. The molecule has 1 N–H and O–H groups in total. The van der Waals surface area contributed by atoms with Crippen molar-refractivity contribution >= 4 is 17.0 Å². The van der Waals surface area contributed by atoms with Gasteiger partial charge < -0.3 is 9.67 Å². The largest absolute Gasteiger partial charge is 0.476 e. The van der Waals surface area contributed by atoms with Gasteiger partial charge in [0.25, 0.3) is 5.56 Å². The summed E-state index contributed by atoms with van der Waals surface area (Å²) in [6, 6.07) is 8.48. The molecule has 6 heteroatoms. The van der Waals surface area contributed by atoms with Crippen LogP contribution in [0.25, 0.3) is 11.0 Å². The molecule has 3 saturated carbocycles. The Morgan fingerprint density at radius 2 is 1.78 bits per heavy atom. The third-order valence-electron chi connectivity index (χ3n) is 9.67. The number of carboxylic acid groups (broad SMARTS) is 1. The molecule has 5 aliphatic rings. The molecule has 170 valence electrons. The molecular weight excluding hydrogens is 402 g/mol. The molecule has 3 heterocycles. The number of rotatable bonds is 4. The first kappa shape index (κ1) is 20.4. The highest BCUT2D eigenvalue weighted by Crippen LogP contribution is 2.61. The van der Waals surface area contributed by atoms with Crippen molar-refractivity contribution in [3.63, 3.8) is 0 Å². The van der Waals surface area contributed by atoms with Gasteiger partial charge in [-0.3, -0.25) is 9.69 Å². The van der Waals surface area contributed by atoms with E-state index in [0.717, 1.165) is 36.1 Å². The number of carbonyl (C=O) groups is 1. The smallest absolute Gasteiger partial charge is 0.360 e. The SMILES string of the molecule is CC1(C)[C@H]2CC[C@@H](CN3[C@@H]4CC[C@H]3CC(n3c(=O)c(C(=O)O)nc5ccccc53)C4)[C@@H]1C2. The summed E-state index contributed by atoms with van der Waals surface area (Å²) in [7, 11) is 0. The van der Waals surface area contributed by atoms with Crippen LogP contribution in [0.15, 0.2) is 29.1 Å². The molecule has 6 nitrogen and oxygen atoms in total. The predicted molar refractivity (Wildman–Crippen MR) is 123 cm³/mol. The van der Waals surface area contributed by atoms with Crippen LogP contribution in [0.5, 0.6) is 0 Å². The second-order valence-corrected chi connectivity index (χ2v) is 11.3. The van der Waals surface area contributed by atoms with E-state index in [1.54, 1.807) is 10.6 Å². The zero-order chi connectivity index (χ0) is 22.2. The molecule has 0 spiro atoms. The summed E-state index contributed by atoms with van der Waals surface area (Å²) >= 11 is 0. The highest BCUT2D eigenvalue weighted by molar-refractivity contribution is 5.88. The molecule has 6 atom stereocenters. The predicted octanol–water partition coefficient (Wildman–Crippen LogP) is 4.33. The molecule has 7 rings (SSSR count). The van der Waals surface area contributed by atoms with Gasteiger partial charge in [0.05, 0.1) is 11.0 Å². The van der Waals surface area contributed by atoms with E-state index in [9.17, 15) is 14.7 Å². The lowest BCUT2D eigenvalue weighted by Gasteiger charge is -2.61. The van der Waals surface area contributed by atoms with Crippen molar-refractivity contribution in [2.45, 2.75) is 76.9 Å². The van der Waals surface area contributed by atoms with Crippen molar-refractivity contribution in [2.24, 2.45) is 23.2 Å². The normalized spacial score (nSPS) is 35.6. The minimum absolute atomic E-state index is 0.0399. The van der Waals surface area contributed by atoms with Gasteiger partial charge in [-0.1, -0.05) is 26.0 Å². The maximum atomic E-state index is 13.2. The molecule has 3 aliphatic carbocycles. The maximum Gasteiger partial charge on any atom is 0.360 e. The van der Waals surface area contributed by atoms with Crippen molar-refractivity contribution in [2.75, 3.05) is 6.54 Å². The molecule has 2 aromatic rings. The van der Waals surface area contributed by atoms with Gasteiger partial charge in [-0.2, -0.15) is 0 Å². The summed E-state index contributed by atoms with van der Waals surface area (Å²) in [5.41, 5.74) is 1.04. The first-order valence-corrected chi connectivity index (χ1v) is 12.3. The summed E-state index contributed by atoms with van der Waals surface area (Å²) in [6.45, 7) is 6.15. The van der Waals surface area contributed by atoms with Crippen molar-refractivity contribution in [3.8, 4) is 0 Å². The Kier molecular flexibility index (Phi) is 4.55. The third-order valence-corrected chi connectivity index (χ3v) is 9.67. The second kappa shape index (κ2) is 7.14. The molecule has 0 radical (unpaired) electrons. The highest BCUT2D eigenvalue weighted by Gasteiger charge is 2.55. The number of benzene rings is 1. The van der Waals surface area contributed by atoms with Gasteiger partial charge in [-0.25, -0.2) is 9.78 Å². The van der Waals surface area contributed by atoms with Crippen LogP contribution >= 0.6 is 0 Å². The molecule has 32 heavy (non-hydrogen) atoms. The Bertz CT molecular complexity index is 1120. The number of carboxylic acids is 1. The number of hydrogen-bond donors (Lipinski definition) is 1. The van der Waals surface area contributed by atoms with Crippen molar-refractivity contribution in [1.29, 1.82) is 0 Å². The number of hydrogen-bond acceptors (Lipinski definition) is 4. The van der Waals surface area contributed by atoms with Gasteiger partial charge >= 0.3 is 5.97 Å². The average molecular weight is 436 g/mol.